The second kappa shape index (κ2) is 4.85. The Hall–Kier alpha value is -2.41. The normalized spacial score (nSPS) is 11.7. The summed E-state index contributed by atoms with van der Waals surface area (Å²) in [5.74, 6) is 0. The van der Waals surface area contributed by atoms with Crippen LogP contribution in [0.4, 0.5) is 5.69 Å². The lowest BCUT2D eigenvalue weighted by molar-refractivity contribution is 0.601. The van der Waals surface area contributed by atoms with Gasteiger partial charge in [-0.15, -0.1) is 0 Å². The van der Waals surface area contributed by atoms with Gasteiger partial charge >= 0.3 is 0 Å². The van der Waals surface area contributed by atoms with Crippen LogP contribution in [0.2, 0.25) is 0 Å². The Morgan fingerprint density at radius 1 is 1.05 bits per heavy atom. The van der Waals surface area contributed by atoms with Crippen molar-refractivity contribution in [1.82, 2.24) is 15.0 Å². The van der Waals surface area contributed by atoms with Crippen molar-refractivity contribution in [2.75, 3.05) is 4.72 Å². The molecular formula is C14H14N4O2S. The van der Waals surface area contributed by atoms with Crippen LogP contribution in [0.3, 0.4) is 0 Å². The average molecular weight is 302 g/mol. The molecule has 3 rings (SSSR count). The van der Waals surface area contributed by atoms with Crippen LogP contribution in [0.5, 0.6) is 0 Å². The molecule has 0 aliphatic heterocycles. The predicted octanol–water partition coefficient (Wildman–Crippen LogP) is 2.08. The zero-order valence-electron chi connectivity index (χ0n) is 11.6. The zero-order chi connectivity index (χ0) is 15.0. The molecule has 0 bridgehead atoms. The number of benzene rings is 2. The van der Waals surface area contributed by atoms with E-state index < -0.39 is 10.0 Å². The summed E-state index contributed by atoms with van der Waals surface area (Å²) < 4.78 is 27.4. The number of nitrogens with zero attached hydrogens (tertiary/aromatic N) is 3. The maximum Gasteiger partial charge on any atom is 0.261 e. The van der Waals surface area contributed by atoms with E-state index in [-0.39, 0.29) is 4.90 Å². The summed E-state index contributed by atoms with van der Waals surface area (Å²) in [5.41, 5.74) is 2.59. The molecule has 0 fully saturated rings. The molecular weight excluding hydrogens is 288 g/mol. The number of fused-ring (bicyclic) bond motifs is 1. The van der Waals surface area contributed by atoms with E-state index in [2.05, 4.69) is 14.9 Å². The Kier molecular flexibility index (Phi) is 3.13. The third kappa shape index (κ3) is 2.59. The number of sulfonamides is 1. The van der Waals surface area contributed by atoms with Gasteiger partial charge in [-0.1, -0.05) is 23.8 Å². The van der Waals surface area contributed by atoms with Gasteiger partial charge in [0.15, 0.2) is 0 Å². The van der Waals surface area contributed by atoms with Crippen LogP contribution in [-0.4, -0.2) is 23.4 Å². The van der Waals surface area contributed by atoms with Crippen LogP contribution in [0.1, 0.15) is 5.56 Å². The molecule has 0 spiro atoms. The Labute approximate surface area is 122 Å². The van der Waals surface area contributed by atoms with Crippen molar-refractivity contribution in [1.29, 1.82) is 0 Å². The van der Waals surface area contributed by atoms with Crippen LogP contribution in [0.25, 0.3) is 11.0 Å². The highest BCUT2D eigenvalue weighted by molar-refractivity contribution is 7.92. The van der Waals surface area contributed by atoms with E-state index in [9.17, 15) is 8.42 Å². The van der Waals surface area contributed by atoms with Gasteiger partial charge in [-0.25, -0.2) is 8.42 Å². The third-order valence-electron chi connectivity index (χ3n) is 3.09. The highest BCUT2D eigenvalue weighted by atomic mass is 32.2. The van der Waals surface area contributed by atoms with Crippen molar-refractivity contribution in [3.63, 3.8) is 0 Å². The second-order valence-corrected chi connectivity index (χ2v) is 6.46. The summed E-state index contributed by atoms with van der Waals surface area (Å²) >= 11 is 0. The smallest absolute Gasteiger partial charge is 0.261 e. The molecule has 7 heteroatoms. The van der Waals surface area contributed by atoms with Gasteiger partial charge < -0.3 is 0 Å². The molecule has 2 aromatic carbocycles. The first-order chi connectivity index (χ1) is 9.95. The van der Waals surface area contributed by atoms with Crippen molar-refractivity contribution < 1.29 is 8.42 Å². The number of hydrogen-bond acceptors (Lipinski definition) is 4. The molecule has 0 radical (unpaired) electrons. The van der Waals surface area contributed by atoms with Gasteiger partial charge in [0.2, 0.25) is 0 Å². The summed E-state index contributed by atoms with van der Waals surface area (Å²) in [4.78, 5) is 1.63. The van der Waals surface area contributed by atoms with Gasteiger partial charge in [0, 0.05) is 7.05 Å². The minimum absolute atomic E-state index is 0.217. The second-order valence-electron chi connectivity index (χ2n) is 4.78. The monoisotopic (exact) mass is 302 g/mol. The van der Waals surface area contributed by atoms with Gasteiger partial charge in [-0.05, 0) is 31.2 Å². The fraction of sp³-hybridized carbons (Fsp3) is 0.143. The fourth-order valence-corrected chi connectivity index (χ4v) is 3.11. The number of hydrogen-bond donors (Lipinski definition) is 1. The molecule has 3 aromatic rings. The first kappa shape index (κ1) is 13.6. The topological polar surface area (TPSA) is 76.9 Å². The lowest BCUT2D eigenvalue weighted by Gasteiger charge is -2.08. The van der Waals surface area contributed by atoms with Crippen molar-refractivity contribution in [3.8, 4) is 0 Å². The largest absolute Gasteiger partial charge is 0.277 e. The molecule has 108 valence electrons. The maximum absolute atomic E-state index is 12.4. The third-order valence-corrected chi connectivity index (χ3v) is 4.47. The quantitative estimate of drug-likeness (QED) is 0.803. The Bertz CT molecular complexity index is 898. The SMILES string of the molecule is Cc1ccc(S(=O)(=O)Nc2cccc3nn(C)nc23)cc1. The molecule has 1 N–H and O–H groups in total. The minimum atomic E-state index is -3.64. The van der Waals surface area contributed by atoms with Gasteiger partial charge in [0.25, 0.3) is 10.0 Å². The lowest BCUT2D eigenvalue weighted by Crippen LogP contribution is -2.13. The molecule has 0 aliphatic carbocycles. The molecule has 0 atom stereocenters. The highest BCUT2D eigenvalue weighted by Gasteiger charge is 2.16. The summed E-state index contributed by atoms with van der Waals surface area (Å²) in [6.45, 7) is 1.91. The van der Waals surface area contributed by atoms with Gasteiger partial charge in [-0.3, -0.25) is 4.72 Å². The summed E-state index contributed by atoms with van der Waals surface area (Å²) in [6.07, 6.45) is 0. The van der Waals surface area contributed by atoms with E-state index in [0.717, 1.165) is 5.56 Å². The van der Waals surface area contributed by atoms with E-state index in [1.165, 1.54) is 4.80 Å². The number of aryl methyl sites for hydroxylation is 2. The van der Waals surface area contributed by atoms with Crippen molar-refractivity contribution in [3.05, 3.63) is 48.0 Å². The van der Waals surface area contributed by atoms with E-state index in [0.29, 0.717) is 16.7 Å². The van der Waals surface area contributed by atoms with E-state index in [1.807, 2.05) is 6.92 Å². The molecule has 1 heterocycles. The minimum Gasteiger partial charge on any atom is -0.277 e. The van der Waals surface area contributed by atoms with Crippen LogP contribution in [0, 0.1) is 6.92 Å². The molecule has 1 aromatic heterocycles. The predicted molar refractivity (Wildman–Crippen MR) is 80.5 cm³/mol. The lowest BCUT2D eigenvalue weighted by atomic mass is 10.2. The van der Waals surface area contributed by atoms with Crippen LogP contribution in [0.15, 0.2) is 47.4 Å². The van der Waals surface area contributed by atoms with Gasteiger partial charge in [0.1, 0.15) is 11.0 Å². The Morgan fingerprint density at radius 3 is 2.48 bits per heavy atom. The van der Waals surface area contributed by atoms with Crippen molar-refractivity contribution >= 4 is 26.7 Å². The Morgan fingerprint density at radius 2 is 1.76 bits per heavy atom. The van der Waals surface area contributed by atoms with Crippen molar-refractivity contribution in [2.45, 2.75) is 11.8 Å². The number of aromatic nitrogens is 3. The number of anilines is 1. The molecule has 0 saturated carbocycles. The van der Waals surface area contributed by atoms with Crippen LogP contribution >= 0.6 is 0 Å². The highest BCUT2D eigenvalue weighted by Crippen LogP contribution is 2.23. The maximum atomic E-state index is 12.4. The standard InChI is InChI=1S/C14H14N4O2S/c1-10-6-8-11(9-7-10)21(19,20)17-13-5-3-4-12-14(13)16-18(2)15-12/h3-9,17H,1-2H3. The van der Waals surface area contributed by atoms with E-state index in [1.54, 1.807) is 49.5 Å². The molecule has 0 aliphatic rings. The van der Waals surface area contributed by atoms with Crippen LogP contribution < -0.4 is 4.72 Å². The fourth-order valence-electron chi connectivity index (χ4n) is 2.04. The van der Waals surface area contributed by atoms with E-state index in [4.69, 9.17) is 0 Å². The molecule has 21 heavy (non-hydrogen) atoms. The number of rotatable bonds is 3. The summed E-state index contributed by atoms with van der Waals surface area (Å²) in [6, 6.07) is 11.9. The summed E-state index contributed by atoms with van der Waals surface area (Å²) in [7, 11) is -1.95. The molecule has 6 nitrogen and oxygen atoms in total. The van der Waals surface area contributed by atoms with E-state index >= 15 is 0 Å². The summed E-state index contributed by atoms with van der Waals surface area (Å²) in [5, 5.41) is 8.34. The first-order valence-corrected chi connectivity index (χ1v) is 7.83. The van der Waals surface area contributed by atoms with Crippen molar-refractivity contribution in [2.24, 2.45) is 7.05 Å². The molecule has 0 amide bonds. The van der Waals surface area contributed by atoms with Crippen LogP contribution in [-0.2, 0) is 17.1 Å². The average Bonchev–Trinajstić information content (AvgIpc) is 2.80. The zero-order valence-corrected chi connectivity index (χ0v) is 12.4. The number of nitrogens with one attached hydrogen (secondary N) is 1. The molecule has 0 saturated heterocycles. The van der Waals surface area contributed by atoms with Gasteiger partial charge in [-0.2, -0.15) is 15.0 Å². The first-order valence-electron chi connectivity index (χ1n) is 6.35. The molecule has 0 unspecified atom stereocenters. The van der Waals surface area contributed by atoms with Gasteiger partial charge in [0.05, 0.1) is 10.6 Å². The Balaban J connectivity index is 2.03.